The molecule has 0 atom stereocenters. The van der Waals surface area contributed by atoms with Crippen molar-refractivity contribution in [1.82, 2.24) is 4.98 Å². The fourth-order valence-corrected chi connectivity index (χ4v) is 8.38. The average Bonchev–Trinajstić information content (AvgIpc) is 3.69. The maximum atomic E-state index is 4.84. The van der Waals surface area contributed by atoms with Gasteiger partial charge in [-0.15, -0.1) is 11.3 Å². The molecule has 10 rings (SSSR count). The van der Waals surface area contributed by atoms with Gasteiger partial charge in [0.1, 0.15) is 5.01 Å². The van der Waals surface area contributed by atoms with E-state index >= 15 is 0 Å². The Morgan fingerprint density at radius 1 is 0.315 bits per heavy atom. The summed E-state index contributed by atoms with van der Waals surface area (Å²) in [5.74, 6) is 0. The maximum absolute atomic E-state index is 4.84. The molecule has 0 spiro atoms. The Kier molecular flexibility index (Phi) is 8.05. The summed E-state index contributed by atoms with van der Waals surface area (Å²) >= 11 is 1.74. The van der Waals surface area contributed by atoms with E-state index in [9.17, 15) is 0 Å². The zero-order chi connectivity index (χ0) is 35.8. The lowest BCUT2D eigenvalue weighted by molar-refractivity contribution is 1.28. The van der Waals surface area contributed by atoms with Gasteiger partial charge < -0.3 is 4.90 Å². The molecule has 3 heteroatoms. The predicted molar refractivity (Wildman–Crippen MR) is 231 cm³/mol. The van der Waals surface area contributed by atoms with E-state index in [-0.39, 0.29) is 0 Å². The third kappa shape index (κ3) is 6.11. The lowest BCUT2D eigenvalue weighted by Gasteiger charge is -2.26. The van der Waals surface area contributed by atoms with Gasteiger partial charge in [-0.1, -0.05) is 140 Å². The number of hydrogen-bond acceptors (Lipinski definition) is 3. The van der Waals surface area contributed by atoms with Gasteiger partial charge in [0.15, 0.2) is 0 Å². The molecule has 9 aromatic carbocycles. The lowest BCUT2D eigenvalue weighted by atomic mass is 9.97. The number of aromatic nitrogens is 1. The number of anilines is 3. The standard InChI is InChI=1S/C51H34N2S/c1-2-10-46(11-3-1)53(48-30-26-38(27-31-48)36-18-20-40(21-19-36)51-52-49-12-6-7-13-50(49)54-51)47-28-24-37(25-29-47)35-14-16-39(17-15-35)43-22-23-44-32-41-8-4-5-9-42(41)33-45(44)34-43/h1-34H. The van der Waals surface area contributed by atoms with E-state index < -0.39 is 0 Å². The SMILES string of the molecule is c1ccc(N(c2ccc(-c3ccc(-c4ccc5cc6ccccc6cc5c4)cc3)cc2)c2ccc(-c3ccc(-c4nc5ccccc5s4)cc3)cc2)cc1. The third-order valence-corrected chi connectivity index (χ3v) is 11.4. The number of thiazole rings is 1. The molecule has 0 fully saturated rings. The van der Waals surface area contributed by atoms with Gasteiger partial charge in [0, 0.05) is 22.6 Å². The Balaban J connectivity index is 0.896. The van der Waals surface area contributed by atoms with E-state index in [1.807, 2.05) is 6.07 Å². The highest BCUT2D eigenvalue weighted by atomic mass is 32.1. The smallest absolute Gasteiger partial charge is 0.124 e. The molecule has 254 valence electrons. The minimum atomic E-state index is 1.05. The van der Waals surface area contributed by atoms with Crippen LogP contribution >= 0.6 is 11.3 Å². The van der Waals surface area contributed by atoms with Crippen LogP contribution in [-0.4, -0.2) is 4.98 Å². The van der Waals surface area contributed by atoms with Gasteiger partial charge in [-0.05, 0) is 122 Å². The van der Waals surface area contributed by atoms with Crippen LogP contribution in [0, 0.1) is 0 Å². The van der Waals surface area contributed by atoms with Crippen molar-refractivity contribution in [3.05, 3.63) is 206 Å². The van der Waals surface area contributed by atoms with Crippen LogP contribution in [0.2, 0.25) is 0 Å². The minimum Gasteiger partial charge on any atom is -0.311 e. The summed E-state index contributed by atoms with van der Waals surface area (Å²) in [7, 11) is 0. The predicted octanol–water partition coefficient (Wildman–Crippen LogP) is 14.7. The fraction of sp³-hybridized carbons (Fsp3) is 0. The monoisotopic (exact) mass is 706 g/mol. The second-order valence-corrected chi connectivity index (χ2v) is 14.7. The van der Waals surface area contributed by atoms with Crippen LogP contribution < -0.4 is 4.90 Å². The zero-order valence-corrected chi connectivity index (χ0v) is 30.2. The second-order valence-electron chi connectivity index (χ2n) is 13.7. The Morgan fingerprint density at radius 3 is 1.33 bits per heavy atom. The van der Waals surface area contributed by atoms with Crippen molar-refractivity contribution in [2.24, 2.45) is 0 Å². The molecule has 0 aliphatic carbocycles. The first-order valence-electron chi connectivity index (χ1n) is 18.3. The highest BCUT2D eigenvalue weighted by Crippen LogP contribution is 2.38. The highest BCUT2D eigenvalue weighted by molar-refractivity contribution is 7.21. The van der Waals surface area contributed by atoms with Crippen molar-refractivity contribution in [2.45, 2.75) is 0 Å². The van der Waals surface area contributed by atoms with E-state index in [0.717, 1.165) is 33.1 Å². The first-order chi connectivity index (χ1) is 26.7. The van der Waals surface area contributed by atoms with Gasteiger partial charge in [-0.2, -0.15) is 0 Å². The van der Waals surface area contributed by atoms with Gasteiger partial charge in [0.25, 0.3) is 0 Å². The largest absolute Gasteiger partial charge is 0.311 e. The van der Waals surface area contributed by atoms with E-state index in [0.29, 0.717) is 0 Å². The molecular weight excluding hydrogens is 673 g/mol. The lowest BCUT2D eigenvalue weighted by Crippen LogP contribution is -2.09. The van der Waals surface area contributed by atoms with Crippen LogP contribution in [0.1, 0.15) is 0 Å². The molecule has 54 heavy (non-hydrogen) atoms. The number of benzene rings is 9. The maximum Gasteiger partial charge on any atom is 0.124 e. The van der Waals surface area contributed by atoms with Crippen molar-refractivity contribution < 1.29 is 0 Å². The molecule has 0 unspecified atom stereocenters. The van der Waals surface area contributed by atoms with Crippen LogP contribution in [0.3, 0.4) is 0 Å². The molecule has 10 aromatic rings. The van der Waals surface area contributed by atoms with Crippen molar-refractivity contribution in [1.29, 1.82) is 0 Å². The van der Waals surface area contributed by atoms with Gasteiger partial charge in [0.05, 0.1) is 10.2 Å². The van der Waals surface area contributed by atoms with E-state index in [1.165, 1.54) is 59.6 Å². The van der Waals surface area contributed by atoms with Crippen LogP contribution in [0.5, 0.6) is 0 Å². The molecule has 0 aliphatic heterocycles. The number of fused-ring (bicyclic) bond motifs is 3. The molecule has 2 nitrogen and oxygen atoms in total. The molecule has 0 saturated heterocycles. The first kappa shape index (κ1) is 31.9. The van der Waals surface area contributed by atoms with Crippen LogP contribution in [0.15, 0.2) is 206 Å². The molecular formula is C51H34N2S. The molecule has 0 bridgehead atoms. The average molecular weight is 707 g/mol. The van der Waals surface area contributed by atoms with Gasteiger partial charge in [0.2, 0.25) is 0 Å². The van der Waals surface area contributed by atoms with E-state index in [1.54, 1.807) is 11.3 Å². The van der Waals surface area contributed by atoms with Crippen molar-refractivity contribution in [3.8, 4) is 44.0 Å². The molecule has 0 aliphatic rings. The number of rotatable bonds is 7. The van der Waals surface area contributed by atoms with Crippen molar-refractivity contribution >= 4 is 60.2 Å². The van der Waals surface area contributed by atoms with Crippen LogP contribution in [0.25, 0.3) is 75.7 Å². The van der Waals surface area contributed by atoms with Gasteiger partial charge in [-0.25, -0.2) is 4.98 Å². The molecule has 0 radical (unpaired) electrons. The molecule has 0 saturated carbocycles. The highest BCUT2D eigenvalue weighted by Gasteiger charge is 2.14. The second kappa shape index (κ2) is 13.6. The third-order valence-electron chi connectivity index (χ3n) is 10.3. The number of hydrogen-bond donors (Lipinski definition) is 0. The molecule has 1 heterocycles. The van der Waals surface area contributed by atoms with E-state index in [4.69, 9.17) is 4.98 Å². The Hall–Kier alpha value is -6.81. The quantitative estimate of drug-likeness (QED) is 0.153. The number of nitrogens with zero attached hydrogens (tertiary/aromatic N) is 2. The van der Waals surface area contributed by atoms with Gasteiger partial charge >= 0.3 is 0 Å². The Labute approximate surface area is 318 Å². The summed E-state index contributed by atoms with van der Waals surface area (Å²) in [6.07, 6.45) is 0. The Morgan fingerprint density at radius 2 is 0.741 bits per heavy atom. The van der Waals surface area contributed by atoms with Crippen molar-refractivity contribution in [3.63, 3.8) is 0 Å². The van der Waals surface area contributed by atoms with E-state index in [2.05, 4.69) is 205 Å². The zero-order valence-electron chi connectivity index (χ0n) is 29.4. The normalized spacial score (nSPS) is 11.3. The molecule has 0 N–H and O–H groups in total. The molecule has 0 amide bonds. The van der Waals surface area contributed by atoms with Crippen LogP contribution in [0.4, 0.5) is 17.1 Å². The minimum absolute atomic E-state index is 1.05. The summed E-state index contributed by atoms with van der Waals surface area (Å²) in [5, 5.41) is 6.12. The Bertz CT molecular complexity index is 2860. The van der Waals surface area contributed by atoms with Crippen molar-refractivity contribution in [2.75, 3.05) is 4.90 Å². The summed E-state index contributed by atoms with van der Waals surface area (Å²) in [6, 6.07) is 74.2. The summed E-state index contributed by atoms with van der Waals surface area (Å²) in [6.45, 7) is 0. The fourth-order valence-electron chi connectivity index (χ4n) is 7.41. The number of para-hydroxylation sites is 2. The summed E-state index contributed by atoms with van der Waals surface area (Å²) < 4.78 is 1.21. The topological polar surface area (TPSA) is 16.1 Å². The molecule has 1 aromatic heterocycles. The van der Waals surface area contributed by atoms with Crippen LogP contribution in [-0.2, 0) is 0 Å². The first-order valence-corrected chi connectivity index (χ1v) is 19.1. The van der Waals surface area contributed by atoms with Gasteiger partial charge in [-0.3, -0.25) is 0 Å². The summed E-state index contributed by atoms with van der Waals surface area (Å²) in [5.41, 5.74) is 12.7. The summed E-state index contributed by atoms with van der Waals surface area (Å²) in [4.78, 5) is 7.15.